The molecule has 0 aliphatic rings. The molecule has 0 heterocycles. The topological polar surface area (TPSA) is 93.7 Å². The first-order valence-corrected chi connectivity index (χ1v) is 7.12. The number of methoxy groups -OCH3 is 1. The first-order chi connectivity index (χ1) is 10.7. The molecule has 2 amide bonds. The van der Waals surface area contributed by atoms with Gasteiger partial charge in [-0.1, -0.05) is 30.3 Å². The Morgan fingerprint density at radius 2 is 1.74 bits per heavy atom. The molecule has 7 heteroatoms. The molecule has 0 aliphatic carbocycles. The Bertz CT molecular complexity index is 551. The lowest BCUT2D eigenvalue weighted by molar-refractivity contribution is -0.141. The van der Waals surface area contributed by atoms with Crippen LogP contribution in [0.4, 0.5) is 4.79 Å². The number of amides is 2. The van der Waals surface area contributed by atoms with Crippen LogP contribution in [0, 0.1) is 0 Å². The average Bonchev–Trinajstić information content (AvgIpc) is 2.49. The van der Waals surface area contributed by atoms with E-state index in [1.807, 2.05) is 0 Å². The molecular weight excluding hydrogens is 300 g/mol. The number of ether oxygens (including phenoxy) is 2. The third-order valence-corrected chi connectivity index (χ3v) is 2.69. The van der Waals surface area contributed by atoms with Crippen molar-refractivity contribution in [1.29, 1.82) is 0 Å². The first-order valence-electron chi connectivity index (χ1n) is 7.12. The van der Waals surface area contributed by atoms with Gasteiger partial charge in [-0.05, 0) is 26.3 Å². The van der Waals surface area contributed by atoms with E-state index in [1.165, 1.54) is 7.11 Å². The maximum atomic E-state index is 12.3. The van der Waals surface area contributed by atoms with Crippen LogP contribution in [0.5, 0.6) is 0 Å². The van der Waals surface area contributed by atoms with E-state index in [1.54, 1.807) is 51.1 Å². The van der Waals surface area contributed by atoms with Gasteiger partial charge in [0.2, 0.25) is 5.91 Å². The molecular formula is C16H22N2O5. The highest BCUT2D eigenvalue weighted by atomic mass is 16.6. The first kappa shape index (κ1) is 18.5. The van der Waals surface area contributed by atoms with Gasteiger partial charge < -0.3 is 20.1 Å². The highest BCUT2D eigenvalue weighted by Gasteiger charge is 2.26. The molecule has 1 aromatic rings. The van der Waals surface area contributed by atoms with Crippen molar-refractivity contribution < 1.29 is 23.9 Å². The van der Waals surface area contributed by atoms with E-state index in [0.717, 1.165) is 0 Å². The summed E-state index contributed by atoms with van der Waals surface area (Å²) < 4.78 is 9.63. The maximum Gasteiger partial charge on any atom is 0.408 e. The van der Waals surface area contributed by atoms with Crippen molar-refractivity contribution in [2.45, 2.75) is 32.4 Å². The minimum atomic E-state index is -0.976. The molecule has 0 aromatic heterocycles. The van der Waals surface area contributed by atoms with Crippen LogP contribution in [0.3, 0.4) is 0 Å². The maximum absolute atomic E-state index is 12.3. The van der Waals surface area contributed by atoms with Gasteiger partial charge in [-0.3, -0.25) is 9.59 Å². The molecule has 0 radical (unpaired) electrons. The number of hydrogen-bond acceptors (Lipinski definition) is 5. The van der Waals surface area contributed by atoms with Gasteiger partial charge in [0, 0.05) is 0 Å². The minimum Gasteiger partial charge on any atom is -0.468 e. The van der Waals surface area contributed by atoms with Gasteiger partial charge in [0.1, 0.15) is 18.2 Å². The zero-order chi connectivity index (χ0) is 17.5. The molecule has 7 nitrogen and oxygen atoms in total. The summed E-state index contributed by atoms with van der Waals surface area (Å²) in [6.45, 7) is 4.89. The Labute approximate surface area is 135 Å². The smallest absolute Gasteiger partial charge is 0.408 e. The summed E-state index contributed by atoms with van der Waals surface area (Å²) in [6, 6.07) is 7.69. The number of alkyl carbamates (subject to hydrolysis) is 1. The summed E-state index contributed by atoms with van der Waals surface area (Å²) in [5.74, 6) is -1.12. The summed E-state index contributed by atoms with van der Waals surface area (Å²) in [6.07, 6.45) is -0.723. The zero-order valence-corrected chi connectivity index (χ0v) is 13.7. The normalized spacial score (nSPS) is 12.0. The van der Waals surface area contributed by atoms with Crippen molar-refractivity contribution in [3.63, 3.8) is 0 Å². The fourth-order valence-corrected chi connectivity index (χ4v) is 1.70. The molecule has 1 unspecified atom stereocenters. The van der Waals surface area contributed by atoms with Crippen molar-refractivity contribution in [2.75, 3.05) is 13.7 Å². The Balaban J connectivity index is 2.84. The molecule has 0 bridgehead atoms. The number of esters is 1. The van der Waals surface area contributed by atoms with Crippen LogP contribution < -0.4 is 10.6 Å². The third kappa shape index (κ3) is 6.82. The van der Waals surface area contributed by atoms with Gasteiger partial charge in [0.15, 0.2) is 0 Å². The second kappa shape index (κ2) is 8.17. The lowest BCUT2D eigenvalue weighted by Gasteiger charge is -2.23. The van der Waals surface area contributed by atoms with E-state index in [9.17, 15) is 14.4 Å². The van der Waals surface area contributed by atoms with Crippen LogP contribution in [0.1, 0.15) is 32.4 Å². The summed E-state index contributed by atoms with van der Waals surface area (Å²) in [4.78, 5) is 35.3. The van der Waals surface area contributed by atoms with E-state index in [0.29, 0.717) is 5.56 Å². The summed E-state index contributed by atoms with van der Waals surface area (Å²) in [5, 5.41) is 4.92. The van der Waals surface area contributed by atoms with Crippen molar-refractivity contribution in [3.05, 3.63) is 35.9 Å². The number of benzene rings is 1. The van der Waals surface area contributed by atoms with Gasteiger partial charge in [-0.25, -0.2) is 4.79 Å². The van der Waals surface area contributed by atoms with Crippen LogP contribution in [0.25, 0.3) is 0 Å². The minimum absolute atomic E-state index is 0.283. The van der Waals surface area contributed by atoms with Crippen LogP contribution >= 0.6 is 0 Å². The lowest BCUT2D eigenvalue weighted by Crippen LogP contribution is -2.43. The Hall–Kier alpha value is -2.57. The molecule has 126 valence electrons. The highest BCUT2D eigenvalue weighted by molar-refractivity contribution is 5.89. The van der Waals surface area contributed by atoms with Crippen LogP contribution in [0.15, 0.2) is 30.3 Å². The molecule has 0 saturated heterocycles. The van der Waals surface area contributed by atoms with E-state index in [4.69, 9.17) is 4.74 Å². The van der Waals surface area contributed by atoms with E-state index in [-0.39, 0.29) is 6.54 Å². The molecule has 23 heavy (non-hydrogen) atoms. The molecule has 0 saturated carbocycles. The molecule has 0 spiro atoms. The van der Waals surface area contributed by atoms with Gasteiger partial charge in [-0.15, -0.1) is 0 Å². The summed E-state index contributed by atoms with van der Waals surface area (Å²) in [5.41, 5.74) is -0.117. The molecule has 0 aliphatic heterocycles. The fourth-order valence-electron chi connectivity index (χ4n) is 1.70. The molecule has 1 rings (SSSR count). The number of rotatable bonds is 5. The van der Waals surface area contributed by atoms with Crippen molar-refractivity contribution in [3.8, 4) is 0 Å². The van der Waals surface area contributed by atoms with E-state index < -0.39 is 29.6 Å². The van der Waals surface area contributed by atoms with Gasteiger partial charge in [0.25, 0.3) is 0 Å². The standard InChI is InChI=1S/C16H22N2O5/c1-16(2,3)23-15(21)18-13(11-8-6-5-7-9-11)14(20)17-10-12(19)22-4/h5-9,13H,10H2,1-4H3,(H,17,20)(H,18,21). The SMILES string of the molecule is COC(=O)CNC(=O)C(NC(=O)OC(C)(C)C)c1ccccc1. The lowest BCUT2D eigenvalue weighted by atomic mass is 10.1. The number of carbonyl (C=O) groups excluding carboxylic acids is 3. The third-order valence-electron chi connectivity index (χ3n) is 2.69. The number of carbonyl (C=O) groups is 3. The van der Waals surface area contributed by atoms with Crippen molar-refractivity contribution in [1.82, 2.24) is 10.6 Å². The second-order valence-electron chi connectivity index (χ2n) is 5.78. The molecule has 1 atom stereocenters. The fraction of sp³-hybridized carbons (Fsp3) is 0.438. The Kier molecular flexibility index (Phi) is 6.56. The molecule has 2 N–H and O–H groups in total. The van der Waals surface area contributed by atoms with Crippen molar-refractivity contribution >= 4 is 18.0 Å². The summed E-state index contributed by atoms with van der Waals surface area (Å²) in [7, 11) is 1.22. The van der Waals surface area contributed by atoms with E-state index >= 15 is 0 Å². The van der Waals surface area contributed by atoms with Gasteiger partial charge in [-0.2, -0.15) is 0 Å². The highest BCUT2D eigenvalue weighted by Crippen LogP contribution is 2.14. The largest absolute Gasteiger partial charge is 0.468 e. The molecule has 0 fully saturated rings. The Morgan fingerprint density at radius 3 is 2.26 bits per heavy atom. The number of hydrogen-bond donors (Lipinski definition) is 2. The average molecular weight is 322 g/mol. The van der Waals surface area contributed by atoms with Crippen molar-refractivity contribution in [2.24, 2.45) is 0 Å². The second-order valence-corrected chi connectivity index (χ2v) is 5.78. The Morgan fingerprint density at radius 1 is 1.13 bits per heavy atom. The predicted octanol–water partition coefficient (Wildman–Crippen LogP) is 1.54. The van der Waals surface area contributed by atoms with Crippen LogP contribution in [-0.4, -0.2) is 37.2 Å². The predicted molar refractivity (Wildman–Crippen MR) is 83.6 cm³/mol. The quantitative estimate of drug-likeness (QED) is 0.802. The van der Waals surface area contributed by atoms with Gasteiger partial charge in [0.05, 0.1) is 7.11 Å². The summed E-state index contributed by atoms with van der Waals surface area (Å²) >= 11 is 0. The van der Waals surface area contributed by atoms with Gasteiger partial charge >= 0.3 is 12.1 Å². The van der Waals surface area contributed by atoms with Crippen LogP contribution in [0.2, 0.25) is 0 Å². The van der Waals surface area contributed by atoms with E-state index in [2.05, 4.69) is 15.4 Å². The zero-order valence-electron chi connectivity index (χ0n) is 13.7. The number of nitrogens with one attached hydrogen (secondary N) is 2. The molecule has 1 aromatic carbocycles. The monoisotopic (exact) mass is 322 g/mol. The van der Waals surface area contributed by atoms with Crippen LogP contribution in [-0.2, 0) is 19.1 Å².